The summed E-state index contributed by atoms with van der Waals surface area (Å²) in [5.41, 5.74) is 8.16. The number of carbonyl (C=O) groups excluding carboxylic acids is 3. The van der Waals surface area contributed by atoms with Crippen LogP contribution in [0, 0.1) is 0 Å². The van der Waals surface area contributed by atoms with Crippen molar-refractivity contribution in [2.45, 2.75) is 82.9 Å². The summed E-state index contributed by atoms with van der Waals surface area (Å²) < 4.78 is 62.0. The normalized spacial score (nSPS) is 16.4. The van der Waals surface area contributed by atoms with Crippen molar-refractivity contribution in [2.24, 2.45) is 4.36 Å². The lowest BCUT2D eigenvalue weighted by molar-refractivity contribution is -0.169. The first-order chi connectivity index (χ1) is 22.0. The Morgan fingerprint density at radius 1 is 0.936 bits per heavy atom. The van der Waals surface area contributed by atoms with Crippen molar-refractivity contribution in [3.63, 3.8) is 0 Å². The molecule has 2 aliphatic rings. The minimum absolute atomic E-state index is 0.0469. The SMILES string of the molecule is CCCCCCCS(=O)(=NC(=O)C(F)(F)F)c1ccc2c(c1)CCN2C(=O)c1cc(N2CCN(C(=O)OC(C)(C)C)CC2)ccc1N. The highest BCUT2D eigenvalue weighted by atomic mass is 32.2. The summed E-state index contributed by atoms with van der Waals surface area (Å²) in [7, 11) is -3.70. The Morgan fingerprint density at radius 3 is 2.26 bits per heavy atom. The maximum absolute atomic E-state index is 13.8. The van der Waals surface area contributed by atoms with Gasteiger partial charge < -0.3 is 25.2 Å². The number of benzene rings is 2. The smallest absolute Gasteiger partial charge is 0.444 e. The Kier molecular flexibility index (Phi) is 11.1. The van der Waals surface area contributed by atoms with Crippen LogP contribution in [0.1, 0.15) is 75.7 Å². The number of unbranched alkanes of at least 4 members (excludes halogenated alkanes) is 4. The number of piperazine rings is 1. The molecule has 0 spiro atoms. The second-order valence-electron chi connectivity index (χ2n) is 12.9. The maximum Gasteiger partial charge on any atom is 0.474 e. The molecule has 2 aromatic rings. The molecule has 0 aliphatic carbocycles. The number of nitrogens with two attached hydrogens (primary N) is 1. The first kappa shape index (κ1) is 36.0. The van der Waals surface area contributed by atoms with Gasteiger partial charge in [-0.15, -0.1) is 4.36 Å². The van der Waals surface area contributed by atoms with E-state index in [9.17, 15) is 31.8 Å². The van der Waals surface area contributed by atoms with E-state index in [4.69, 9.17) is 10.5 Å². The van der Waals surface area contributed by atoms with Crippen molar-refractivity contribution in [3.8, 4) is 0 Å². The van der Waals surface area contributed by atoms with Crippen molar-refractivity contribution in [2.75, 3.05) is 54.0 Å². The van der Waals surface area contributed by atoms with Gasteiger partial charge in [-0.2, -0.15) is 13.2 Å². The molecule has 1 atom stereocenters. The number of hydrogen-bond donors (Lipinski definition) is 1. The minimum atomic E-state index is -5.23. The van der Waals surface area contributed by atoms with Gasteiger partial charge >= 0.3 is 18.2 Å². The van der Waals surface area contributed by atoms with Gasteiger partial charge in [0.2, 0.25) is 0 Å². The van der Waals surface area contributed by atoms with E-state index in [2.05, 4.69) is 9.26 Å². The summed E-state index contributed by atoms with van der Waals surface area (Å²) in [6.07, 6.45) is -1.45. The zero-order valence-corrected chi connectivity index (χ0v) is 28.2. The fourth-order valence-corrected chi connectivity index (χ4v) is 7.64. The zero-order valence-electron chi connectivity index (χ0n) is 27.4. The summed E-state index contributed by atoms with van der Waals surface area (Å²) in [5, 5.41) is 0. The molecule has 4 rings (SSSR count). The van der Waals surface area contributed by atoms with Crippen LogP contribution in [-0.2, 0) is 25.7 Å². The number of hydrogen-bond acceptors (Lipinski definition) is 7. The highest BCUT2D eigenvalue weighted by molar-refractivity contribution is 7.94. The molecule has 2 aliphatic heterocycles. The molecule has 258 valence electrons. The second-order valence-corrected chi connectivity index (χ2v) is 15.2. The molecule has 2 heterocycles. The van der Waals surface area contributed by atoms with Gasteiger partial charge in [0.1, 0.15) is 5.60 Å². The fraction of sp³-hybridized carbons (Fsp3) is 0.545. The Morgan fingerprint density at radius 2 is 1.62 bits per heavy atom. The standard InChI is InChI=1S/C33H44F3N5O5S/c1-5-6-7-8-9-20-47(45,38-30(43)33(34,35)36)25-11-13-28-23(21-25)14-15-41(28)29(42)26-22-24(10-12-27(26)37)39-16-18-40(19-17-39)31(44)46-32(2,3)4/h10-13,21-22H,5-9,14-20,37H2,1-4H3. The molecule has 10 nitrogen and oxygen atoms in total. The monoisotopic (exact) mass is 679 g/mol. The molecule has 1 unspecified atom stereocenters. The molecule has 2 aromatic carbocycles. The number of nitrogens with zero attached hydrogens (tertiary/aromatic N) is 4. The van der Waals surface area contributed by atoms with Gasteiger partial charge in [-0.1, -0.05) is 32.6 Å². The summed E-state index contributed by atoms with van der Waals surface area (Å²) in [5.74, 6) is -2.89. The molecule has 47 heavy (non-hydrogen) atoms. The van der Waals surface area contributed by atoms with Crippen molar-refractivity contribution in [3.05, 3.63) is 47.5 Å². The van der Waals surface area contributed by atoms with Crippen molar-refractivity contribution in [1.29, 1.82) is 0 Å². The maximum atomic E-state index is 13.8. The van der Waals surface area contributed by atoms with Crippen LogP contribution in [0.25, 0.3) is 0 Å². The van der Waals surface area contributed by atoms with Gasteiger partial charge in [-0.05, 0) is 75.6 Å². The number of nitrogen functional groups attached to an aromatic ring is 1. The zero-order chi connectivity index (χ0) is 34.6. The van der Waals surface area contributed by atoms with E-state index in [1.807, 2.05) is 33.8 Å². The van der Waals surface area contributed by atoms with Gasteiger partial charge in [0.05, 0.1) is 15.3 Å². The highest BCUT2D eigenvalue weighted by Crippen LogP contribution is 2.34. The molecule has 0 bridgehead atoms. The molecular formula is C33H44F3N5O5S. The van der Waals surface area contributed by atoms with Gasteiger partial charge in [0, 0.05) is 60.4 Å². The average Bonchev–Trinajstić information content (AvgIpc) is 3.43. The average molecular weight is 680 g/mol. The van der Waals surface area contributed by atoms with Gasteiger partial charge in [-0.3, -0.25) is 9.59 Å². The number of halogens is 3. The molecule has 14 heteroatoms. The quantitative estimate of drug-likeness (QED) is 0.240. The van der Waals surface area contributed by atoms with Crippen LogP contribution >= 0.6 is 0 Å². The number of rotatable bonds is 9. The molecule has 1 saturated heterocycles. The highest BCUT2D eigenvalue weighted by Gasteiger charge is 2.40. The molecule has 3 amide bonds. The van der Waals surface area contributed by atoms with Crippen LogP contribution in [0.4, 0.5) is 35.0 Å². The van der Waals surface area contributed by atoms with Gasteiger partial charge in [0.15, 0.2) is 0 Å². The Hall–Kier alpha value is -3.81. The number of anilines is 3. The van der Waals surface area contributed by atoms with E-state index in [1.54, 1.807) is 28.0 Å². The first-order valence-electron chi connectivity index (χ1n) is 16.0. The summed E-state index contributed by atoms with van der Waals surface area (Å²) in [4.78, 5) is 43.4. The molecule has 2 N–H and O–H groups in total. The third-order valence-corrected chi connectivity index (χ3v) is 10.4. The molecule has 0 radical (unpaired) electrons. The van der Waals surface area contributed by atoms with Crippen LogP contribution in [-0.4, -0.2) is 77.3 Å². The third-order valence-electron chi connectivity index (χ3n) is 8.12. The Bertz CT molecular complexity index is 1610. The van der Waals surface area contributed by atoms with Crippen molar-refractivity contribution >= 4 is 44.7 Å². The fourth-order valence-electron chi connectivity index (χ4n) is 5.64. The predicted molar refractivity (Wildman–Crippen MR) is 176 cm³/mol. The lowest BCUT2D eigenvalue weighted by Gasteiger charge is -2.37. The van der Waals surface area contributed by atoms with E-state index in [0.29, 0.717) is 56.7 Å². The Labute approximate surface area is 274 Å². The lowest BCUT2D eigenvalue weighted by Crippen LogP contribution is -2.50. The van der Waals surface area contributed by atoms with Crippen molar-refractivity contribution < 1.29 is 36.5 Å². The van der Waals surface area contributed by atoms with Gasteiger partial charge in [0.25, 0.3) is 5.91 Å². The molecular weight excluding hydrogens is 635 g/mol. The topological polar surface area (TPSA) is 126 Å². The number of ether oxygens (including phenoxy) is 1. The summed E-state index contributed by atoms with van der Waals surface area (Å²) >= 11 is 0. The van der Waals surface area contributed by atoms with Gasteiger partial charge in [-0.25, -0.2) is 9.00 Å². The van der Waals surface area contributed by atoms with Crippen LogP contribution in [0.5, 0.6) is 0 Å². The lowest BCUT2D eigenvalue weighted by atomic mass is 10.1. The third kappa shape index (κ3) is 8.96. The predicted octanol–water partition coefficient (Wildman–Crippen LogP) is 6.42. The van der Waals surface area contributed by atoms with E-state index in [0.717, 1.165) is 24.9 Å². The van der Waals surface area contributed by atoms with E-state index < -0.39 is 27.4 Å². The minimum Gasteiger partial charge on any atom is -0.444 e. The molecule has 1 fully saturated rings. The summed E-state index contributed by atoms with van der Waals surface area (Å²) in [6, 6.07) is 9.67. The van der Waals surface area contributed by atoms with Crippen LogP contribution in [0.15, 0.2) is 45.7 Å². The summed E-state index contributed by atoms with van der Waals surface area (Å²) in [6.45, 7) is 9.73. The van der Waals surface area contributed by atoms with E-state index >= 15 is 0 Å². The van der Waals surface area contributed by atoms with Crippen LogP contribution < -0.4 is 15.5 Å². The second kappa shape index (κ2) is 14.5. The Balaban J connectivity index is 1.53. The first-order valence-corrected chi connectivity index (χ1v) is 17.6. The van der Waals surface area contributed by atoms with E-state index in [-0.39, 0.29) is 40.4 Å². The number of carbonyl (C=O) groups is 3. The van der Waals surface area contributed by atoms with E-state index in [1.165, 1.54) is 12.1 Å². The van der Waals surface area contributed by atoms with Crippen LogP contribution in [0.3, 0.4) is 0 Å². The number of amides is 3. The largest absolute Gasteiger partial charge is 0.474 e. The van der Waals surface area contributed by atoms with Crippen molar-refractivity contribution in [1.82, 2.24) is 4.90 Å². The number of alkyl halides is 3. The molecule has 0 saturated carbocycles. The number of fused-ring (bicyclic) bond motifs is 1. The van der Waals surface area contributed by atoms with Crippen LogP contribution in [0.2, 0.25) is 0 Å². The molecule has 0 aromatic heterocycles.